The third kappa shape index (κ3) is 5.59. The first-order valence-corrected chi connectivity index (χ1v) is 10.1. The second-order valence-electron chi connectivity index (χ2n) is 7.67. The Hall–Kier alpha value is -1.89. The maximum atomic E-state index is 13.7. The summed E-state index contributed by atoms with van der Waals surface area (Å²) < 4.78 is 46.3. The molecule has 0 saturated heterocycles. The summed E-state index contributed by atoms with van der Waals surface area (Å²) in [5, 5.41) is 8.94. The highest BCUT2D eigenvalue weighted by atomic mass is 19.4. The number of hydrogen-bond donors (Lipinski definition) is 1. The Labute approximate surface area is 170 Å². The minimum absolute atomic E-state index is 0.0450. The van der Waals surface area contributed by atoms with Crippen molar-refractivity contribution >= 4 is 0 Å². The molecule has 0 atom stereocenters. The van der Waals surface area contributed by atoms with E-state index in [1.54, 1.807) is 0 Å². The molecule has 0 aliphatic heterocycles. The van der Waals surface area contributed by atoms with E-state index in [1.807, 2.05) is 60.7 Å². The number of nitrogens with zero attached hydrogens (tertiary/aromatic N) is 1. The van der Waals surface area contributed by atoms with Gasteiger partial charge in [0.25, 0.3) is 0 Å². The first-order chi connectivity index (χ1) is 13.9. The number of aliphatic hydroxyl groups is 1. The van der Waals surface area contributed by atoms with Crippen LogP contribution in [0.5, 0.6) is 0 Å². The van der Waals surface area contributed by atoms with Crippen molar-refractivity contribution in [2.75, 3.05) is 13.2 Å². The van der Waals surface area contributed by atoms with Crippen LogP contribution in [-0.2, 0) is 17.8 Å². The van der Waals surface area contributed by atoms with E-state index >= 15 is 0 Å². The number of alkyl halides is 3. The van der Waals surface area contributed by atoms with E-state index in [0.29, 0.717) is 25.9 Å². The predicted molar refractivity (Wildman–Crippen MR) is 106 cm³/mol. The number of hydrogen-bond acceptors (Lipinski definition) is 3. The first-order valence-electron chi connectivity index (χ1n) is 10.1. The lowest BCUT2D eigenvalue weighted by molar-refractivity contribution is -0.291. The molecule has 0 spiro atoms. The van der Waals surface area contributed by atoms with E-state index in [9.17, 15) is 13.2 Å². The van der Waals surface area contributed by atoms with Crippen molar-refractivity contribution < 1.29 is 23.0 Å². The smallest absolute Gasteiger partial charge is 0.394 e. The van der Waals surface area contributed by atoms with Crippen molar-refractivity contribution in [1.29, 1.82) is 0 Å². The molecule has 29 heavy (non-hydrogen) atoms. The third-order valence-corrected chi connectivity index (χ3v) is 5.72. The second kappa shape index (κ2) is 9.74. The monoisotopic (exact) mass is 407 g/mol. The Kier molecular flexibility index (Phi) is 7.33. The lowest BCUT2D eigenvalue weighted by atomic mass is 9.80. The number of rotatable bonds is 8. The van der Waals surface area contributed by atoms with Crippen LogP contribution in [0.4, 0.5) is 13.2 Å². The lowest BCUT2D eigenvalue weighted by Gasteiger charge is -2.44. The fourth-order valence-electron chi connectivity index (χ4n) is 4.13. The summed E-state index contributed by atoms with van der Waals surface area (Å²) >= 11 is 0. The molecule has 6 heteroatoms. The van der Waals surface area contributed by atoms with E-state index in [2.05, 4.69) is 4.90 Å². The van der Waals surface area contributed by atoms with Crippen molar-refractivity contribution in [1.82, 2.24) is 4.90 Å². The van der Waals surface area contributed by atoms with Gasteiger partial charge in [-0.25, -0.2) is 0 Å². The summed E-state index contributed by atoms with van der Waals surface area (Å²) in [5.41, 5.74) is 0.150. The highest BCUT2D eigenvalue weighted by Crippen LogP contribution is 2.45. The molecule has 0 heterocycles. The van der Waals surface area contributed by atoms with Crippen LogP contribution in [0, 0.1) is 0 Å². The number of benzene rings is 2. The topological polar surface area (TPSA) is 32.7 Å². The van der Waals surface area contributed by atoms with Crippen LogP contribution in [0.2, 0.25) is 0 Å². The molecule has 3 nitrogen and oxygen atoms in total. The quantitative estimate of drug-likeness (QED) is 0.673. The highest BCUT2D eigenvalue weighted by molar-refractivity contribution is 5.17. The molecule has 1 saturated carbocycles. The molecule has 1 N–H and O–H groups in total. The van der Waals surface area contributed by atoms with Crippen molar-refractivity contribution in [3.05, 3.63) is 71.8 Å². The Morgan fingerprint density at radius 3 is 1.79 bits per heavy atom. The van der Waals surface area contributed by atoms with Crippen LogP contribution in [0.15, 0.2) is 60.7 Å². The third-order valence-electron chi connectivity index (χ3n) is 5.72. The van der Waals surface area contributed by atoms with Gasteiger partial charge >= 0.3 is 6.18 Å². The number of ether oxygens (including phenoxy) is 1. The van der Waals surface area contributed by atoms with Gasteiger partial charge in [-0.2, -0.15) is 13.2 Å². The number of aliphatic hydroxyl groups excluding tert-OH is 1. The Morgan fingerprint density at radius 1 is 0.897 bits per heavy atom. The fraction of sp³-hybridized carbons (Fsp3) is 0.478. The van der Waals surface area contributed by atoms with Gasteiger partial charge in [0.15, 0.2) is 5.60 Å². The van der Waals surface area contributed by atoms with Crippen molar-refractivity contribution in [3.8, 4) is 0 Å². The van der Waals surface area contributed by atoms with E-state index in [4.69, 9.17) is 9.84 Å². The van der Waals surface area contributed by atoms with Gasteiger partial charge in [-0.1, -0.05) is 60.7 Å². The summed E-state index contributed by atoms with van der Waals surface area (Å²) in [4.78, 5) is 2.27. The van der Waals surface area contributed by atoms with Gasteiger partial charge in [-0.15, -0.1) is 0 Å². The molecule has 1 fully saturated rings. The predicted octanol–water partition coefficient (Wildman–Crippen LogP) is 4.94. The molecule has 1 aliphatic rings. The molecule has 0 aromatic heterocycles. The van der Waals surface area contributed by atoms with Crippen molar-refractivity contribution in [2.24, 2.45) is 0 Å². The lowest BCUT2D eigenvalue weighted by Crippen LogP contribution is -2.53. The van der Waals surface area contributed by atoms with Crippen molar-refractivity contribution in [2.45, 2.75) is 56.6 Å². The van der Waals surface area contributed by atoms with Gasteiger partial charge in [-0.3, -0.25) is 4.90 Å². The summed E-state index contributed by atoms with van der Waals surface area (Å²) in [6.07, 6.45) is -3.78. The molecular weight excluding hydrogens is 379 g/mol. The molecule has 0 bridgehead atoms. The Bertz CT molecular complexity index is 687. The summed E-state index contributed by atoms with van der Waals surface area (Å²) in [5.74, 6) is 0. The number of halogens is 3. The second-order valence-corrected chi connectivity index (χ2v) is 7.67. The molecule has 0 amide bonds. The zero-order chi connectivity index (χ0) is 20.7. The van der Waals surface area contributed by atoms with Crippen LogP contribution in [-0.4, -0.2) is 41.0 Å². The van der Waals surface area contributed by atoms with Crippen LogP contribution < -0.4 is 0 Å². The summed E-state index contributed by atoms with van der Waals surface area (Å²) in [7, 11) is 0. The largest absolute Gasteiger partial charge is 0.417 e. The zero-order valence-corrected chi connectivity index (χ0v) is 16.4. The van der Waals surface area contributed by atoms with Gasteiger partial charge in [-0.05, 0) is 36.8 Å². The standard InChI is InChI=1S/C23H28F3NO2/c24-23(25,26)22(29-16-15-28)13-11-21(12-14-22)27(17-19-7-3-1-4-8-19)18-20-9-5-2-6-10-20/h1-10,21,28H,11-18H2. The average Bonchev–Trinajstić information content (AvgIpc) is 2.73. The average molecular weight is 407 g/mol. The summed E-state index contributed by atoms with van der Waals surface area (Å²) in [6.45, 7) is 0.686. The zero-order valence-electron chi connectivity index (χ0n) is 16.4. The van der Waals surface area contributed by atoms with E-state index in [-0.39, 0.29) is 25.5 Å². The molecule has 0 radical (unpaired) electrons. The van der Waals surface area contributed by atoms with Crippen LogP contribution >= 0.6 is 0 Å². The molecule has 3 rings (SSSR count). The van der Waals surface area contributed by atoms with Gasteiger partial charge in [0.2, 0.25) is 0 Å². The van der Waals surface area contributed by atoms with Gasteiger partial charge in [0, 0.05) is 19.1 Å². The van der Waals surface area contributed by atoms with E-state index in [1.165, 1.54) is 0 Å². The first kappa shape index (κ1) is 21.8. The molecule has 158 valence electrons. The van der Waals surface area contributed by atoms with Crippen LogP contribution in [0.25, 0.3) is 0 Å². The van der Waals surface area contributed by atoms with E-state index in [0.717, 1.165) is 11.1 Å². The highest BCUT2D eigenvalue weighted by Gasteiger charge is 2.57. The molecule has 1 aliphatic carbocycles. The molecule has 2 aromatic rings. The maximum absolute atomic E-state index is 13.7. The Balaban J connectivity index is 1.74. The maximum Gasteiger partial charge on any atom is 0.417 e. The van der Waals surface area contributed by atoms with E-state index < -0.39 is 18.4 Å². The van der Waals surface area contributed by atoms with Crippen molar-refractivity contribution in [3.63, 3.8) is 0 Å². The van der Waals surface area contributed by atoms with Crippen LogP contribution in [0.3, 0.4) is 0 Å². The SMILES string of the molecule is OCCOC1(C(F)(F)F)CCC(N(Cc2ccccc2)Cc2ccccc2)CC1. The van der Waals surface area contributed by atoms with Crippen LogP contribution in [0.1, 0.15) is 36.8 Å². The van der Waals surface area contributed by atoms with Gasteiger partial charge < -0.3 is 9.84 Å². The molecule has 2 aromatic carbocycles. The molecular formula is C23H28F3NO2. The minimum atomic E-state index is -4.43. The minimum Gasteiger partial charge on any atom is -0.394 e. The van der Waals surface area contributed by atoms with Gasteiger partial charge in [0.1, 0.15) is 0 Å². The van der Waals surface area contributed by atoms with Gasteiger partial charge in [0.05, 0.1) is 13.2 Å². The Morgan fingerprint density at radius 2 is 1.38 bits per heavy atom. The molecule has 0 unspecified atom stereocenters. The fourth-order valence-corrected chi connectivity index (χ4v) is 4.13. The summed E-state index contributed by atoms with van der Waals surface area (Å²) in [6, 6.07) is 20.1. The normalized spacial score (nSPS) is 22.7.